The van der Waals surface area contributed by atoms with Gasteiger partial charge in [0.05, 0.1) is 11.3 Å². The van der Waals surface area contributed by atoms with E-state index in [0.717, 1.165) is 17.3 Å². The minimum absolute atomic E-state index is 0.0319. The van der Waals surface area contributed by atoms with Crippen LogP contribution in [0.25, 0.3) is 0 Å². The van der Waals surface area contributed by atoms with Gasteiger partial charge in [0.15, 0.2) is 0 Å². The van der Waals surface area contributed by atoms with E-state index in [1.165, 1.54) is 25.1 Å². The molecule has 0 fully saturated rings. The number of rotatable bonds is 4. The van der Waals surface area contributed by atoms with Crippen LogP contribution in [-0.2, 0) is 22.2 Å². The Morgan fingerprint density at radius 2 is 1.86 bits per heavy atom. The number of fused-ring (bicyclic) bond motifs is 1. The van der Waals surface area contributed by atoms with Crippen molar-refractivity contribution >= 4 is 28.9 Å². The SMILES string of the molecule is CC(=O)N1CCc2cc(N[C@@H](C)C(=O)Nc3ccccc3C(F)(F)F)ccc21. The first kappa shape index (κ1) is 19.7. The molecule has 2 aromatic rings. The number of benzene rings is 2. The Hall–Kier alpha value is -3.03. The van der Waals surface area contributed by atoms with Gasteiger partial charge < -0.3 is 15.5 Å². The van der Waals surface area contributed by atoms with Crippen LogP contribution in [0.15, 0.2) is 42.5 Å². The lowest BCUT2D eigenvalue weighted by atomic mass is 10.1. The van der Waals surface area contributed by atoms with E-state index in [-0.39, 0.29) is 11.6 Å². The van der Waals surface area contributed by atoms with E-state index in [2.05, 4.69) is 10.6 Å². The second kappa shape index (κ2) is 7.53. The number of hydrogen-bond acceptors (Lipinski definition) is 3. The maximum Gasteiger partial charge on any atom is 0.418 e. The molecule has 0 spiro atoms. The van der Waals surface area contributed by atoms with Gasteiger partial charge in [-0.15, -0.1) is 0 Å². The zero-order valence-electron chi connectivity index (χ0n) is 15.4. The molecule has 1 heterocycles. The van der Waals surface area contributed by atoms with E-state index in [1.807, 2.05) is 6.07 Å². The fourth-order valence-corrected chi connectivity index (χ4v) is 3.21. The van der Waals surface area contributed by atoms with Crippen LogP contribution in [0.4, 0.5) is 30.2 Å². The van der Waals surface area contributed by atoms with Crippen molar-refractivity contribution in [2.45, 2.75) is 32.5 Å². The minimum atomic E-state index is -4.55. The molecule has 28 heavy (non-hydrogen) atoms. The summed E-state index contributed by atoms with van der Waals surface area (Å²) in [7, 11) is 0. The second-order valence-electron chi connectivity index (χ2n) is 6.66. The van der Waals surface area contributed by atoms with E-state index in [9.17, 15) is 22.8 Å². The molecule has 0 aromatic heterocycles. The van der Waals surface area contributed by atoms with Crippen molar-refractivity contribution in [1.82, 2.24) is 0 Å². The minimum Gasteiger partial charge on any atom is -0.374 e. The summed E-state index contributed by atoms with van der Waals surface area (Å²) in [5.41, 5.74) is 1.32. The van der Waals surface area contributed by atoms with Crippen LogP contribution in [0.5, 0.6) is 0 Å². The topological polar surface area (TPSA) is 61.4 Å². The molecule has 1 atom stereocenters. The van der Waals surface area contributed by atoms with Gasteiger partial charge in [0.25, 0.3) is 0 Å². The summed E-state index contributed by atoms with van der Waals surface area (Å²) in [4.78, 5) is 25.7. The number of nitrogens with one attached hydrogen (secondary N) is 2. The van der Waals surface area contributed by atoms with E-state index in [1.54, 1.807) is 24.0 Å². The van der Waals surface area contributed by atoms with Crippen molar-refractivity contribution in [1.29, 1.82) is 0 Å². The maximum atomic E-state index is 13.1. The Bertz CT molecular complexity index is 912. The summed E-state index contributed by atoms with van der Waals surface area (Å²) >= 11 is 0. The first-order valence-electron chi connectivity index (χ1n) is 8.81. The number of para-hydroxylation sites is 1. The van der Waals surface area contributed by atoms with Crippen molar-refractivity contribution in [2.24, 2.45) is 0 Å². The molecule has 8 heteroatoms. The fraction of sp³-hybridized carbons (Fsp3) is 0.300. The lowest BCUT2D eigenvalue weighted by Gasteiger charge is -2.19. The highest BCUT2D eigenvalue weighted by molar-refractivity contribution is 5.97. The van der Waals surface area contributed by atoms with E-state index in [0.29, 0.717) is 18.7 Å². The molecule has 5 nitrogen and oxygen atoms in total. The summed E-state index contributed by atoms with van der Waals surface area (Å²) in [6.45, 7) is 3.69. The Morgan fingerprint density at radius 3 is 2.54 bits per heavy atom. The van der Waals surface area contributed by atoms with Crippen molar-refractivity contribution < 1.29 is 22.8 Å². The molecule has 2 aromatic carbocycles. The Kier molecular flexibility index (Phi) is 5.31. The van der Waals surface area contributed by atoms with Gasteiger partial charge in [-0.1, -0.05) is 12.1 Å². The summed E-state index contributed by atoms with van der Waals surface area (Å²) < 4.78 is 39.2. The van der Waals surface area contributed by atoms with Gasteiger partial charge >= 0.3 is 6.18 Å². The smallest absolute Gasteiger partial charge is 0.374 e. The molecule has 0 saturated carbocycles. The zero-order valence-corrected chi connectivity index (χ0v) is 15.4. The molecule has 0 aliphatic carbocycles. The highest BCUT2D eigenvalue weighted by Gasteiger charge is 2.34. The number of halogens is 3. The van der Waals surface area contributed by atoms with Gasteiger partial charge in [0.2, 0.25) is 11.8 Å². The lowest BCUT2D eigenvalue weighted by Crippen LogP contribution is -2.32. The molecule has 2 N–H and O–H groups in total. The summed E-state index contributed by atoms with van der Waals surface area (Å²) in [5.74, 6) is -0.613. The van der Waals surface area contributed by atoms with Gasteiger partial charge in [-0.2, -0.15) is 13.2 Å². The summed E-state index contributed by atoms with van der Waals surface area (Å²) in [6, 6.07) is 9.49. The largest absolute Gasteiger partial charge is 0.418 e. The third-order valence-electron chi connectivity index (χ3n) is 4.62. The van der Waals surface area contributed by atoms with Gasteiger partial charge in [0.1, 0.15) is 6.04 Å². The molecule has 1 aliphatic rings. The molecule has 0 radical (unpaired) electrons. The van der Waals surface area contributed by atoms with Gasteiger partial charge in [-0.25, -0.2) is 0 Å². The highest BCUT2D eigenvalue weighted by atomic mass is 19.4. The van der Waals surface area contributed by atoms with Gasteiger partial charge in [0, 0.05) is 24.8 Å². The van der Waals surface area contributed by atoms with Crippen molar-refractivity contribution in [3.63, 3.8) is 0 Å². The predicted octanol–water partition coefficient (Wildman–Crippen LogP) is 4.05. The lowest BCUT2D eigenvalue weighted by molar-refractivity contribution is -0.137. The van der Waals surface area contributed by atoms with Crippen molar-refractivity contribution in [3.8, 4) is 0 Å². The van der Waals surface area contributed by atoms with Crippen LogP contribution < -0.4 is 15.5 Å². The van der Waals surface area contributed by atoms with E-state index in [4.69, 9.17) is 0 Å². The first-order chi connectivity index (χ1) is 13.2. The van der Waals surface area contributed by atoms with Crippen molar-refractivity contribution in [2.75, 3.05) is 22.1 Å². The number of hydrogen-bond donors (Lipinski definition) is 2. The normalized spacial score (nSPS) is 14.4. The zero-order chi connectivity index (χ0) is 20.5. The van der Waals surface area contributed by atoms with Crippen LogP contribution in [0.2, 0.25) is 0 Å². The second-order valence-corrected chi connectivity index (χ2v) is 6.66. The summed E-state index contributed by atoms with van der Waals surface area (Å²) in [5, 5.41) is 5.33. The molecular weight excluding hydrogens is 371 g/mol. The number of carbonyl (C=O) groups excluding carboxylic acids is 2. The highest BCUT2D eigenvalue weighted by Crippen LogP contribution is 2.35. The molecule has 148 valence electrons. The number of anilines is 3. The third kappa shape index (κ3) is 4.11. The molecule has 0 saturated heterocycles. The molecular formula is C20H20F3N3O2. The van der Waals surface area contributed by atoms with Crippen LogP contribution in [0.1, 0.15) is 25.0 Å². The standard InChI is InChI=1S/C20H20F3N3O2/c1-12(19(28)25-17-6-4-3-5-16(17)20(21,22)23)24-15-7-8-18-14(11-15)9-10-26(18)13(2)27/h3-8,11-12,24H,9-10H2,1-2H3,(H,25,28)/t12-/m0/s1. The monoisotopic (exact) mass is 391 g/mol. The first-order valence-corrected chi connectivity index (χ1v) is 8.81. The van der Waals surface area contributed by atoms with Gasteiger partial charge in [-0.05, 0) is 49.2 Å². The van der Waals surface area contributed by atoms with Crippen LogP contribution >= 0.6 is 0 Å². The Labute approximate surface area is 160 Å². The van der Waals surface area contributed by atoms with Crippen LogP contribution in [-0.4, -0.2) is 24.4 Å². The molecule has 0 unspecified atom stereocenters. The number of amides is 2. The van der Waals surface area contributed by atoms with Crippen LogP contribution in [0.3, 0.4) is 0 Å². The van der Waals surface area contributed by atoms with E-state index < -0.39 is 23.7 Å². The molecule has 0 bridgehead atoms. The quantitative estimate of drug-likeness (QED) is 0.827. The Morgan fingerprint density at radius 1 is 1.14 bits per heavy atom. The van der Waals surface area contributed by atoms with Gasteiger partial charge in [-0.3, -0.25) is 9.59 Å². The predicted molar refractivity (Wildman–Crippen MR) is 101 cm³/mol. The molecule has 1 aliphatic heterocycles. The number of nitrogens with zero attached hydrogens (tertiary/aromatic N) is 1. The Balaban J connectivity index is 1.70. The average Bonchev–Trinajstić information content (AvgIpc) is 3.04. The molecule has 2 amide bonds. The average molecular weight is 391 g/mol. The van der Waals surface area contributed by atoms with E-state index >= 15 is 0 Å². The van der Waals surface area contributed by atoms with Crippen molar-refractivity contribution in [3.05, 3.63) is 53.6 Å². The summed E-state index contributed by atoms with van der Waals surface area (Å²) in [6.07, 6.45) is -3.84. The molecule has 3 rings (SSSR count). The number of carbonyl (C=O) groups is 2. The number of alkyl halides is 3. The fourth-order valence-electron chi connectivity index (χ4n) is 3.21. The maximum absolute atomic E-state index is 13.1. The van der Waals surface area contributed by atoms with Crippen LogP contribution in [0, 0.1) is 0 Å². The third-order valence-corrected chi connectivity index (χ3v) is 4.62.